The smallest absolute Gasteiger partial charge is 0.350 e. The summed E-state index contributed by atoms with van der Waals surface area (Å²) in [5.41, 5.74) is 2.44. The summed E-state index contributed by atoms with van der Waals surface area (Å²) in [4.78, 5) is 45.1. The summed E-state index contributed by atoms with van der Waals surface area (Å²) >= 11 is 0.989. The zero-order valence-electron chi connectivity index (χ0n) is 20.9. The number of Topliss-reactive ketones (excluding diaryl/α,β-unsaturated/α-hetero) is 1. The Hall–Kier alpha value is -3.78. The van der Waals surface area contributed by atoms with Crippen molar-refractivity contribution in [1.29, 1.82) is 0 Å². The Balaban J connectivity index is 1.90. The minimum Gasteiger partial charge on any atom is -0.507 e. The van der Waals surface area contributed by atoms with Gasteiger partial charge in [0.1, 0.15) is 10.6 Å². The van der Waals surface area contributed by atoms with Gasteiger partial charge in [-0.1, -0.05) is 86.7 Å². The van der Waals surface area contributed by atoms with Crippen LogP contribution in [0.1, 0.15) is 65.8 Å². The summed E-state index contributed by atoms with van der Waals surface area (Å²) < 4.78 is 5.12. The Labute approximate surface area is 214 Å². The van der Waals surface area contributed by atoms with Crippen LogP contribution in [0.3, 0.4) is 0 Å². The summed E-state index contributed by atoms with van der Waals surface area (Å²) in [6, 6.07) is 15.3. The molecule has 3 aromatic rings. The predicted molar refractivity (Wildman–Crippen MR) is 139 cm³/mol. The Bertz CT molecular complexity index is 1350. The number of aliphatic hydroxyl groups excluding tert-OH is 1. The van der Waals surface area contributed by atoms with Crippen molar-refractivity contribution in [3.05, 3.63) is 87.4 Å². The molecule has 1 amide bonds. The van der Waals surface area contributed by atoms with Gasteiger partial charge in [0.25, 0.3) is 5.78 Å². The average Bonchev–Trinajstić information content (AvgIpc) is 3.36. The van der Waals surface area contributed by atoms with E-state index in [2.05, 4.69) is 25.8 Å². The van der Waals surface area contributed by atoms with E-state index >= 15 is 0 Å². The number of hydrogen-bond acceptors (Lipinski definition) is 7. The number of rotatable bonds is 5. The first-order valence-electron chi connectivity index (χ1n) is 11.7. The van der Waals surface area contributed by atoms with Crippen molar-refractivity contribution in [2.24, 2.45) is 0 Å². The highest BCUT2D eigenvalue weighted by Gasteiger charge is 2.48. The molecule has 0 bridgehead atoms. The van der Waals surface area contributed by atoms with Gasteiger partial charge in [-0.05, 0) is 30.4 Å². The number of nitrogens with zero attached hydrogens (tertiary/aromatic N) is 2. The molecule has 36 heavy (non-hydrogen) atoms. The van der Waals surface area contributed by atoms with Gasteiger partial charge in [0.2, 0.25) is 0 Å². The fourth-order valence-electron chi connectivity index (χ4n) is 4.13. The normalized spacial score (nSPS) is 17.5. The Kier molecular flexibility index (Phi) is 6.82. The van der Waals surface area contributed by atoms with Crippen molar-refractivity contribution in [3.63, 3.8) is 0 Å². The molecule has 0 spiro atoms. The molecule has 1 aliphatic heterocycles. The van der Waals surface area contributed by atoms with Gasteiger partial charge in [0, 0.05) is 5.56 Å². The molecule has 2 aromatic carbocycles. The number of aryl methyl sites for hydroxylation is 1. The Morgan fingerprint density at radius 2 is 1.72 bits per heavy atom. The molecular formula is C28H28N2O5S. The zero-order chi connectivity index (χ0) is 26.2. The maximum Gasteiger partial charge on any atom is 0.350 e. The molecule has 1 aliphatic rings. The fraction of sp³-hybridized carbons (Fsp3) is 0.286. The van der Waals surface area contributed by atoms with Crippen LogP contribution >= 0.6 is 11.3 Å². The molecule has 8 heteroatoms. The Morgan fingerprint density at radius 1 is 1.08 bits per heavy atom. The monoisotopic (exact) mass is 504 g/mol. The molecule has 0 radical (unpaired) electrons. The second-order valence-corrected chi connectivity index (χ2v) is 10.5. The fourth-order valence-corrected chi connectivity index (χ4v) is 5.12. The highest BCUT2D eigenvalue weighted by molar-refractivity contribution is 7.17. The van der Waals surface area contributed by atoms with Gasteiger partial charge in [-0.15, -0.1) is 0 Å². The van der Waals surface area contributed by atoms with Gasteiger partial charge in [-0.3, -0.25) is 14.5 Å². The van der Waals surface area contributed by atoms with E-state index in [1.165, 1.54) is 4.90 Å². The summed E-state index contributed by atoms with van der Waals surface area (Å²) in [6.45, 7) is 9.85. The SMILES string of the molecule is CCOC(=O)c1sc(N2C(=O)C(=O)/C(=C(/O)c3ccccc3)[C@@H]2c2ccc(C(C)(C)C)cc2)nc1C. The van der Waals surface area contributed by atoms with E-state index in [9.17, 15) is 19.5 Å². The van der Waals surface area contributed by atoms with Crippen molar-refractivity contribution >= 4 is 39.9 Å². The van der Waals surface area contributed by atoms with Crippen LogP contribution in [0.5, 0.6) is 0 Å². The standard InChI is InChI=1S/C28H28N2O5S/c1-6-35-26(34)24-16(2)29-27(36-24)30-21(17-12-14-19(15-13-17)28(3,4)5)20(23(32)25(30)33)22(31)18-10-8-7-9-11-18/h7-15,21,31H,6H2,1-5H3/b22-20+/t21-/m0/s1. The van der Waals surface area contributed by atoms with Gasteiger partial charge in [-0.2, -0.15) is 0 Å². The van der Waals surface area contributed by atoms with Crippen LogP contribution in [0.25, 0.3) is 5.76 Å². The quantitative estimate of drug-likeness (QED) is 0.212. The minimum absolute atomic E-state index is 0.0275. The number of carbonyl (C=O) groups is 3. The molecule has 1 aromatic heterocycles. The largest absolute Gasteiger partial charge is 0.507 e. The molecular weight excluding hydrogens is 476 g/mol. The van der Waals surface area contributed by atoms with Gasteiger partial charge in [0.15, 0.2) is 5.13 Å². The van der Waals surface area contributed by atoms with Gasteiger partial charge >= 0.3 is 11.9 Å². The second kappa shape index (κ2) is 9.70. The number of benzene rings is 2. The highest BCUT2D eigenvalue weighted by Crippen LogP contribution is 2.44. The molecule has 0 aliphatic carbocycles. The third kappa shape index (κ3) is 4.56. The van der Waals surface area contributed by atoms with Crippen LogP contribution in [0.15, 0.2) is 60.2 Å². The third-order valence-electron chi connectivity index (χ3n) is 6.04. The summed E-state index contributed by atoms with van der Waals surface area (Å²) in [5, 5.41) is 11.4. The average molecular weight is 505 g/mol. The first-order chi connectivity index (χ1) is 17.0. The van der Waals surface area contributed by atoms with E-state index in [1.807, 2.05) is 24.3 Å². The van der Waals surface area contributed by atoms with Crippen molar-refractivity contribution in [3.8, 4) is 0 Å². The van der Waals surface area contributed by atoms with Crippen LogP contribution in [0.4, 0.5) is 5.13 Å². The summed E-state index contributed by atoms with van der Waals surface area (Å²) in [5.74, 6) is -2.43. The lowest BCUT2D eigenvalue weighted by molar-refractivity contribution is -0.132. The van der Waals surface area contributed by atoms with Crippen LogP contribution in [-0.2, 0) is 19.7 Å². The number of esters is 1. The van der Waals surface area contributed by atoms with Crippen molar-refractivity contribution in [2.45, 2.75) is 46.1 Å². The maximum atomic E-state index is 13.4. The van der Waals surface area contributed by atoms with Gasteiger partial charge < -0.3 is 9.84 Å². The first-order valence-corrected chi connectivity index (χ1v) is 12.5. The molecule has 186 valence electrons. The number of thiazole rings is 1. The molecule has 1 atom stereocenters. The molecule has 7 nitrogen and oxygen atoms in total. The van der Waals surface area contributed by atoms with Gasteiger partial charge in [-0.25, -0.2) is 9.78 Å². The highest BCUT2D eigenvalue weighted by atomic mass is 32.1. The number of aromatic nitrogens is 1. The Morgan fingerprint density at radius 3 is 2.31 bits per heavy atom. The van der Waals surface area contributed by atoms with E-state index in [4.69, 9.17) is 4.74 Å². The van der Waals surface area contributed by atoms with Crippen LogP contribution < -0.4 is 4.90 Å². The molecule has 1 N–H and O–H groups in total. The first kappa shape index (κ1) is 25.3. The molecule has 0 saturated carbocycles. The van der Waals surface area contributed by atoms with E-state index < -0.39 is 23.7 Å². The van der Waals surface area contributed by atoms with E-state index in [0.29, 0.717) is 16.8 Å². The lowest BCUT2D eigenvalue weighted by atomic mass is 9.85. The topological polar surface area (TPSA) is 96.8 Å². The maximum absolute atomic E-state index is 13.4. The number of amides is 1. The van der Waals surface area contributed by atoms with Crippen LogP contribution in [-0.4, -0.2) is 34.4 Å². The molecule has 1 fully saturated rings. The van der Waals surface area contributed by atoms with Crippen LogP contribution in [0, 0.1) is 6.92 Å². The predicted octanol–water partition coefficient (Wildman–Crippen LogP) is 5.55. The van der Waals surface area contributed by atoms with E-state index in [-0.39, 0.29) is 33.4 Å². The van der Waals surface area contributed by atoms with E-state index in [1.54, 1.807) is 44.2 Å². The minimum atomic E-state index is -0.917. The number of ether oxygens (including phenoxy) is 1. The number of hydrogen-bond donors (Lipinski definition) is 1. The molecule has 4 rings (SSSR count). The van der Waals surface area contributed by atoms with Crippen LogP contribution in [0.2, 0.25) is 0 Å². The number of aliphatic hydroxyl groups is 1. The summed E-state index contributed by atoms with van der Waals surface area (Å²) in [6.07, 6.45) is 0. The lowest BCUT2D eigenvalue weighted by Crippen LogP contribution is -2.29. The molecule has 1 saturated heterocycles. The second-order valence-electron chi connectivity index (χ2n) is 9.54. The van der Waals surface area contributed by atoms with E-state index in [0.717, 1.165) is 16.9 Å². The van der Waals surface area contributed by atoms with Gasteiger partial charge in [0.05, 0.1) is 23.9 Å². The molecule has 2 heterocycles. The zero-order valence-corrected chi connectivity index (χ0v) is 21.7. The molecule has 0 unspecified atom stereocenters. The van der Waals surface area contributed by atoms with Crippen molar-refractivity contribution < 1.29 is 24.2 Å². The summed E-state index contributed by atoms with van der Waals surface area (Å²) in [7, 11) is 0. The van der Waals surface area contributed by atoms with Crippen molar-refractivity contribution in [1.82, 2.24) is 4.98 Å². The lowest BCUT2D eigenvalue weighted by Gasteiger charge is -2.24. The van der Waals surface area contributed by atoms with Crippen molar-refractivity contribution in [2.75, 3.05) is 11.5 Å². The third-order valence-corrected chi connectivity index (χ3v) is 7.17. The number of anilines is 1. The number of ketones is 1. The number of carbonyl (C=O) groups excluding carboxylic acids is 3.